The standard InChI is InChI=1S/C18H18N2O2/c21-18(19-16-5-6-17-14(11-16)8-10-22-17)20-9-7-13-3-1-2-4-15(13)12-20/h1-6,11H,7-10,12H2,(H,19,21). The summed E-state index contributed by atoms with van der Waals surface area (Å²) in [6.45, 7) is 2.17. The molecule has 2 aromatic carbocycles. The molecule has 4 nitrogen and oxygen atoms in total. The molecule has 0 fully saturated rings. The maximum atomic E-state index is 12.5. The van der Waals surface area contributed by atoms with Gasteiger partial charge in [0.15, 0.2) is 0 Å². The van der Waals surface area contributed by atoms with Gasteiger partial charge in [0.2, 0.25) is 0 Å². The predicted molar refractivity (Wildman–Crippen MR) is 85.2 cm³/mol. The van der Waals surface area contributed by atoms with Gasteiger partial charge in [-0.3, -0.25) is 0 Å². The molecule has 4 rings (SSSR count). The van der Waals surface area contributed by atoms with Gasteiger partial charge in [0.25, 0.3) is 0 Å². The van der Waals surface area contributed by atoms with E-state index < -0.39 is 0 Å². The first-order valence-electron chi connectivity index (χ1n) is 7.68. The molecule has 22 heavy (non-hydrogen) atoms. The largest absolute Gasteiger partial charge is 0.493 e. The quantitative estimate of drug-likeness (QED) is 0.877. The third-order valence-electron chi connectivity index (χ3n) is 4.36. The molecule has 4 heteroatoms. The summed E-state index contributed by atoms with van der Waals surface area (Å²) in [6.07, 6.45) is 1.83. The molecular weight excluding hydrogens is 276 g/mol. The minimum atomic E-state index is -0.0339. The number of anilines is 1. The highest BCUT2D eigenvalue weighted by atomic mass is 16.5. The van der Waals surface area contributed by atoms with E-state index >= 15 is 0 Å². The molecule has 0 spiro atoms. The SMILES string of the molecule is O=C(Nc1ccc2c(c1)CCO2)N1CCc2ccccc2C1. The van der Waals surface area contributed by atoms with Gasteiger partial charge in [-0.15, -0.1) is 0 Å². The highest BCUT2D eigenvalue weighted by Crippen LogP contribution is 2.28. The van der Waals surface area contributed by atoms with Crippen LogP contribution in [0.3, 0.4) is 0 Å². The molecule has 0 atom stereocenters. The first-order chi connectivity index (χ1) is 10.8. The Bertz CT molecular complexity index is 727. The van der Waals surface area contributed by atoms with Crippen LogP contribution in [0.1, 0.15) is 16.7 Å². The molecule has 112 valence electrons. The van der Waals surface area contributed by atoms with Crippen molar-refractivity contribution in [3.63, 3.8) is 0 Å². The molecule has 0 aliphatic carbocycles. The van der Waals surface area contributed by atoms with Crippen molar-refractivity contribution in [2.75, 3.05) is 18.5 Å². The van der Waals surface area contributed by atoms with Gasteiger partial charge in [-0.1, -0.05) is 24.3 Å². The average Bonchev–Trinajstić information content (AvgIpc) is 3.02. The summed E-state index contributed by atoms with van der Waals surface area (Å²) in [7, 11) is 0. The normalized spacial score (nSPS) is 15.7. The van der Waals surface area contributed by atoms with E-state index in [2.05, 4.69) is 23.5 Å². The van der Waals surface area contributed by atoms with Crippen molar-refractivity contribution in [2.24, 2.45) is 0 Å². The summed E-state index contributed by atoms with van der Waals surface area (Å²) in [5.74, 6) is 0.935. The molecule has 2 aliphatic heterocycles. The zero-order valence-electron chi connectivity index (χ0n) is 12.3. The molecule has 2 aliphatic rings. The number of carbonyl (C=O) groups excluding carboxylic acids is 1. The van der Waals surface area contributed by atoms with Gasteiger partial charge in [0, 0.05) is 25.2 Å². The van der Waals surface area contributed by atoms with E-state index in [9.17, 15) is 4.79 Å². The molecule has 0 bridgehead atoms. The monoisotopic (exact) mass is 294 g/mol. The first-order valence-corrected chi connectivity index (χ1v) is 7.68. The topological polar surface area (TPSA) is 41.6 Å². The molecule has 1 N–H and O–H groups in total. The van der Waals surface area contributed by atoms with Gasteiger partial charge in [0.1, 0.15) is 5.75 Å². The summed E-state index contributed by atoms with van der Waals surface area (Å²) in [6, 6.07) is 14.1. The molecule has 0 radical (unpaired) electrons. The van der Waals surface area contributed by atoms with Crippen LogP contribution in [0, 0.1) is 0 Å². The fourth-order valence-electron chi connectivity index (χ4n) is 3.14. The van der Waals surface area contributed by atoms with Crippen LogP contribution in [-0.2, 0) is 19.4 Å². The summed E-state index contributed by atoms with van der Waals surface area (Å²) in [5, 5.41) is 3.00. The van der Waals surface area contributed by atoms with E-state index in [1.807, 2.05) is 29.2 Å². The number of fused-ring (bicyclic) bond motifs is 2. The Labute approximate surface area is 129 Å². The third-order valence-corrected chi connectivity index (χ3v) is 4.36. The average molecular weight is 294 g/mol. The summed E-state index contributed by atoms with van der Waals surface area (Å²) in [5.41, 5.74) is 4.60. The number of benzene rings is 2. The summed E-state index contributed by atoms with van der Waals surface area (Å²) >= 11 is 0. The van der Waals surface area contributed by atoms with Gasteiger partial charge >= 0.3 is 6.03 Å². The van der Waals surface area contributed by atoms with Gasteiger partial charge < -0.3 is 15.0 Å². The van der Waals surface area contributed by atoms with Crippen LogP contribution < -0.4 is 10.1 Å². The molecule has 2 heterocycles. The number of hydrogen-bond acceptors (Lipinski definition) is 2. The number of carbonyl (C=O) groups is 1. The lowest BCUT2D eigenvalue weighted by molar-refractivity contribution is 0.206. The van der Waals surface area contributed by atoms with Gasteiger partial charge in [-0.25, -0.2) is 4.79 Å². The van der Waals surface area contributed by atoms with Crippen LogP contribution in [0.5, 0.6) is 5.75 Å². The van der Waals surface area contributed by atoms with Crippen molar-refractivity contribution >= 4 is 11.7 Å². The molecule has 0 unspecified atom stereocenters. The highest BCUT2D eigenvalue weighted by Gasteiger charge is 2.21. The number of amides is 2. The van der Waals surface area contributed by atoms with Crippen LogP contribution in [0.4, 0.5) is 10.5 Å². The fraction of sp³-hybridized carbons (Fsp3) is 0.278. The number of nitrogens with zero attached hydrogens (tertiary/aromatic N) is 1. The Balaban J connectivity index is 1.47. The minimum absolute atomic E-state index is 0.0339. The van der Waals surface area contributed by atoms with Crippen molar-refractivity contribution in [3.05, 3.63) is 59.2 Å². The van der Waals surface area contributed by atoms with Gasteiger partial charge in [-0.2, -0.15) is 0 Å². The number of rotatable bonds is 1. The Hall–Kier alpha value is -2.49. The second-order valence-electron chi connectivity index (χ2n) is 5.79. The molecule has 0 aromatic heterocycles. The van der Waals surface area contributed by atoms with Crippen LogP contribution in [-0.4, -0.2) is 24.1 Å². The van der Waals surface area contributed by atoms with E-state index in [1.165, 1.54) is 16.7 Å². The second-order valence-corrected chi connectivity index (χ2v) is 5.79. The maximum Gasteiger partial charge on any atom is 0.322 e. The van der Waals surface area contributed by atoms with E-state index in [4.69, 9.17) is 4.74 Å². The smallest absolute Gasteiger partial charge is 0.322 e. The number of hydrogen-bond donors (Lipinski definition) is 1. The first kappa shape index (κ1) is 13.2. The number of ether oxygens (including phenoxy) is 1. The minimum Gasteiger partial charge on any atom is -0.493 e. The van der Waals surface area contributed by atoms with Crippen LogP contribution in [0.25, 0.3) is 0 Å². The molecule has 0 saturated carbocycles. The third kappa shape index (κ3) is 2.41. The van der Waals surface area contributed by atoms with E-state index in [0.717, 1.165) is 37.4 Å². The van der Waals surface area contributed by atoms with Crippen LogP contribution in [0.2, 0.25) is 0 Å². The fourth-order valence-corrected chi connectivity index (χ4v) is 3.14. The van der Waals surface area contributed by atoms with E-state index in [0.29, 0.717) is 6.54 Å². The Morgan fingerprint density at radius 3 is 2.82 bits per heavy atom. The van der Waals surface area contributed by atoms with E-state index in [1.54, 1.807) is 0 Å². The zero-order chi connectivity index (χ0) is 14.9. The summed E-state index contributed by atoms with van der Waals surface area (Å²) < 4.78 is 5.49. The van der Waals surface area contributed by atoms with Gasteiger partial charge in [0.05, 0.1) is 6.61 Å². The van der Waals surface area contributed by atoms with Crippen molar-refractivity contribution in [1.29, 1.82) is 0 Å². The lowest BCUT2D eigenvalue weighted by Crippen LogP contribution is -2.38. The Morgan fingerprint density at radius 1 is 1.05 bits per heavy atom. The van der Waals surface area contributed by atoms with Crippen molar-refractivity contribution in [1.82, 2.24) is 4.90 Å². The Kier molecular flexibility index (Phi) is 3.22. The molecular formula is C18H18N2O2. The van der Waals surface area contributed by atoms with Crippen molar-refractivity contribution < 1.29 is 9.53 Å². The summed E-state index contributed by atoms with van der Waals surface area (Å²) in [4.78, 5) is 14.3. The highest BCUT2D eigenvalue weighted by molar-refractivity contribution is 5.89. The van der Waals surface area contributed by atoms with Crippen LogP contribution >= 0.6 is 0 Å². The lowest BCUT2D eigenvalue weighted by Gasteiger charge is -2.29. The number of nitrogens with one attached hydrogen (secondary N) is 1. The zero-order valence-corrected chi connectivity index (χ0v) is 12.3. The maximum absolute atomic E-state index is 12.5. The molecule has 2 aromatic rings. The van der Waals surface area contributed by atoms with Crippen molar-refractivity contribution in [3.8, 4) is 5.75 Å². The van der Waals surface area contributed by atoms with Crippen LogP contribution in [0.15, 0.2) is 42.5 Å². The Morgan fingerprint density at radius 2 is 1.91 bits per heavy atom. The van der Waals surface area contributed by atoms with Gasteiger partial charge in [-0.05, 0) is 41.3 Å². The van der Waals surface area contributed by atoms with Crippen molar-refractivity contribution in [2.45, 2.75) is 19.4 Å². The molecule has 0 saturated heterocycles. The van der Waals surface area contributed by atoms with E-state index in [-0.39, 0.29) is 6.03 Å². The number of urea groups is 1. The predicted octanol–water partition coefficient (Wildman–Crippen LogP) is 3.21. The lowest BCUT2D eigenvalue weighted by atomic mass is 10.0. The second kappa shape index (κ2) is 5.37. The molecule has 2 amide bonds.